The van der Waals surface area contributed by atoms with Crippen LogP contribution in [0, 0.1) is 53.4 Å². The summed E-state index contributed by atoms with van der Waals surface area (Å²) in [5.41, 5.74) is 8.30. The highest BCUT2D eigenvalue weighted by Crippen LogP contribution is 2.27. The van der Waals surface area contributed by atoms with Gasteiger partial charge in [-0.15, -0.1) is 0 Å². The molecule has 0 unspecified atom stereocenters. The fraction of sp³-hybridized carbons (Fsp3) is 0.538. The van der Waals surface area contributed by atoms with E-state index >= 15 is 0 Å². The molecule has 0 amide bonds. The Hall–Kier alpha value is -1.56. The standard InChI is InChI=1S/C10H14.C8H16.C8H10/c1-7-5-6-8(2)10(4)9(7)3;2*1-7-3-5-8(2)6-4-7/h5-6H,1-4H3;7-8H,3-6H2,1-2H3;3-6H,1-2H3. The Labute approximate surface area is 163 Å². The van der Waals surface area contributed by atoms with Crippen LogP contribution >= 0.6 is 0 Å². The fourth-order valence-electron chi connectivity index (χ4n) is 3.16. The molecule has 0 aliphatic heterocycles. The number of hydrogen-bond acceptors (Lipinski definition) is 0. The molecule has 144 valence electrons. The first-order chi connectivity index (χ1) is 12.2. The monoisotopic (exact) mass is 352 g/mol. The van der Waals surface area contributed by atoms with Gasteiger partial charge in [-0.1, -0.05) is 87.1 Å². The van der Waals surface area contributed by atoms with Crippen LogP contribution in [0.3, 0.4) is 0 Å². The predicted octanol–water partition coefficient (Wildman–Crippen LogP) is 8.06. The van der Waals surface area contributed by atoms with Gasteiger partial charge in [-0.25, -0.2) is 0 Å². The molecule has 1 fully saturated rings. The van der Waals surface area contributed by atoms with Crippen molar-refractivity contribution in [2.75, 3.05) is 0 Å². The van der Waals surface area contributed by atoms with Crippen LogP contribution in [-0.2, 0) is 0 Å². The van der Waals surface area contributed by atoms with Gasteiger partial charge in [-0.2, -0.15) is 0 Å². The van der Waals surface area contributed by atoms with E-state index in [2.05, 4.69) is 91.8 Å². The van der Waals surface area contributed by atoms with Crippen molar-refractivity contribution in [3.8, 4) is 0 Å². The summed E-state index contributed by atoms with van der Waals surface area (Å²) >= 11 is 0. The molecular weight excluding hydrogens is 312 g/mol. The van der Waals surface area contributed by atoms with Crippen molar-refractivity contribution in [2.45, 2.75) is 81.1 Å². The van der Waals surface area contributed by atoms with Gasteiger partial charge in [0.15, 0.2) is 0 Å². The van der Waals surface area contributed by atoms with Gasteiger partial charge in [0.2, 0.25) is 0 Å². The SMILES string of the molecule is CC1CCC(C)CC1.Cc1ccc(C)c(C)c1C.Cc1ccc(C)cc1. The Morgan fingerprint density at radius 2 is 0.769 bits per heavy atom. The molecule has 1 aliphatic rings. The van der Waals surface area contributed by atoms with Crippen molar-refractivity contribution in [1.82, 2.24) is 0 Å². The maximum atomic E-state index is 2.37. The maximum Gasteiger partial charge on any atom is -0.0392 e. The van der Waals surface area contributed by atoms with Crippen LogP contribution < -0.4 is 0 Å². The predicted molar refractivity (Wildman–Crippen MR) is 118 cm³/mol. The molecule has 3 rings (SSSR count). The van der Waals surface area contributed by atoms with Crippen LogP contribution in [0.15, 0.2) is 36.4 Å². The molecule has 26 heavy (non-hydrogen) atoms. The van der Waals surface area contributed by atoms with Gasteiger partial charge in [0.05, 0.1) is 0 Å². The Morgan fingerprint density at radius 3 is 1.04 bits per heavy atom. The number of benzene rings is 2. The minimum Gasteiger partial charge on any atom is -0.0625 e. The molecule has 2 aromatic carbocycles. The van der Waals surface area contributed by atoms with E-state index in [-0.39, 0.29) is 0 Å². The van der Waals surface area contributed by atoms with Crippen molar-refractivity contribution in [1.29, 1.82) is 0 Å². The van der Waals surface area contributed by atoms with Crippen LogP contribution in [0.5, 0.6) is 0 Å². The summed E-state index contributed by atoms with van der Waals surface area (Å²) in [5, 5.41) is 0. The first-order valence-electron chi connectivity index (χ1n) is 10.3. The molecule has 0 radical (unpaired) electrons. The van der Waals surface area contributed by atoms with E-state index in [9.17, 15) is 0 Å². The highest BCUT2D eigenvalue weighted by Gasteiger charge is 2.13. The average Bonchev–Trinajstić information content (AvgIpc) is 2.63. The molecule has 2 aromatic rings. The Bertz CT molecular complexity index is 582. The Balaban J connectivity index is 0.000000197. The van der Waals surface area contributed by atoms with E-state index < -0.39 is 0 Å². The van der Waals surface area contributed by atoms with E-state index in [1.807, 2.05) is 0 Å². The molecule has 0 heterocycles. The lowest BCUT2D eigenvalue weighted by molar-refractivity contribution is 0.308. The maximum absolute atomic E-state index is 2.37. The second-order valence-corrected chi connectivity index (χ2v) is 8.47. The van der Waals surface area contributed by atoms with Crippen molar-refractivity contribution in [3.05, 3.63) is 69.8 Å². The van der Waals surface area contributed by atoms with E-state index in [4.69, 9.17) is 0 Å². The average molecular weight is 353 g/mol. The minimum absolute atomic E-state index is 1.02. The highest BCUT2D eigenvalue weighted by molar-refractivity contribution is 5.37. The zero-order chi connectivity index (χ0) is 19.7. The molecule has 0 N–H and O–H groups in total. The van der Waals surface area contributed by atoms with Crippen LogP contribution in [-0.4, -0.2) is 0 Å². The molecule has 0 saturated heterocycles. The van der Waals surface area contributed by atoms with Crippen molar-refractivity contribution < 1.29 is 0 Å². The van der Waals surface area contributed by atoms with Gasteiger partial charge in [0, 0.05) is 0 Å². The molecular formula is C26H40. The molecule has 1 aliphatic carbocycles. The van der Waals surface area contributed by atoms with Crippen LogP contribution in [0.4, 0.5) is 0 Å². The van der Waals surface area contributed by atoms with Gasteiger partial charge in [-0.05, 0) is 75.6 Å². The summed E-state index contributed by atoms with van der Waals surface area (Å²) in [6.45, 7) is 17.6. The fourth-order valence-corrected chi connectivity index (χ4v) is 3.16. The molecule has 0 bridgehead atoms. The van der Waals surface area contributed by atoms with Gasteiger partial charge in [-0.3, -0.25) is 0 Å². The van der Waals surface area contributed by atoms with Crippen molar-refractivity contribution >= 4 is 0 Å². The van der Waals surface area contributed by atoms with Crippen LogP contribution in [0.1, 0.15) is 72.9 Å². The van der Waals surface area contributed by atoms with Crippen molar-refractivity contribution in [3.63, 3.8) is 0 Å². The largest absolute Gasteiger partial charge is 0.0625 e. The molecule has 0 atom stereocenters. The van der Waals surface area contributed by atoms with Gasteiger partial charge >= 0.3 is 0 Å². The zero-order valence-electron chi connectivity index (χ0n) is 18.4. The normalized spacial score (nSPS) is 18.9. The molecule has 0 heteroatoms. The van der Waals surface area contributed by atoms with E-state index in [1.54, 1.807) is 0 Å². The smallest absolute Gasteiger partial charge is 0.0392 e. The third-order valence-corrected chi connectivity index (χ3v) is 5.85. The third kappa shape index (κ3) is 8.21. The lowest BCUT2D eigenvalue weighted by Crippen LogP contribution is -2.08. The molecule has 0 spiro atoms. The van der Waals surface area contributed by atoms with Crippen LogP contribution in [0.25, 0.3) is 0 Å². The lowest BCUT2D eigenvalue weighted by Gasteiger charge is -2.22. The molecule has 1 saturated carbocycles. The minimum atomic E-state index is 1.02. The number of hydrogen-bond donors (Lipinski definition) is 0. The number of aryl methyl sites for hydroxylation is 4. The lowest BCUT2D eigenvalue weighted by atomic mass is 9.84. The van der Waals surface area contributed by atoms with E-state index in [0.717, 1.165) is 11.8 Å². The van der Waals surface area contributed by atoms with Gasteiger partial charge in [0.25, 0.3) is 0 Å². The first-order valence-corrected chi connectivity index (χ1v) is 10.3. The Morgan fingerprint density at radius 1 is 0.500 bits per heavy atom. The number of rotatable bonds is 0. The van der Waals surface area contributed by atoms with Crippen molar-refractivity contribution in [2.24, 2.45) is 11.8 Å². The van der Waals surface area contributed by atoms with Gasteiger partial charge in [0.1, 0.15) is 0 Å². The Kier molecular flexibility index (Phi) is 9.70. The van der Waals surface area contributed by atoms with E-state index in [0.29, 0.717) is 0 Å². The van der Waals surface area contributed by atoms with Gasteiger partial charge < -0.3 is 0 Å². The third-order valence-electron chi connectivity index (χ3n) is 5.85. The summed E-state index contributed by atoms with van der Waals surface area (Å²) in [4.78, 5) is 0. The highest BCUT2D eigenvalue weighted by atomic mass is 14.2. The second kappa shape index (κ2) is 11.2. The molecule has 0 aromatic heterocycles. The summed E-state index contributed by atoms with van der Waals surface area (Å²) < 4.78 is 0. The zero-order valence-corrected chi connectivity index (χ0v) is 18.4. The molecule has 0 nitrogen and oxygen atoms in total. The summed E-state index contributed by atoms with van der Waals surface area (Å²) in [5.74, 6) is 2.04. The van der Waals surface area contributed by atoms with Crippen LogP contribution in [0.2, 0.25) is 0 Å². The quantitative estimate of drug-likeness (QED) is 0.450. The topological polar surface area (TPSA) is 0 Å². The first kappa shape index (κ1) is 22.5. The van der Waals surface area contributed by atoms with E-state index in [1.165, 1.54) is 59.1 Å². The summed E-state index contributed by atoms with van der Waals surface area (Å²) in [6, 6.07) is 12.8. The summed E-state index contributed by atoms with van der Waals surface area (Å²) in [7, 11) is 0. The summed E-state index contributed by atoms with van der Waals surface area (Å²) in [6.07, 6.45) is 5.89. The second-order valence-electron chi connectivity index (χ2n) is 8.47.